The summed E-state index contributed by atoms with van der Waals surface area (Å²) in [7, 11) is -0.143. The first-order valence-electron chi connectivity index (χ1n) is 15.3. The van der Waals surface area contributed by atoms with Crippen molar-refractivity contribution in [2.75, 3.05) is 5.75 Å². The van der Waals surface area contributed by atoms with Gasteiger partial charge in [-0.25, -0.2) is 14.6 Å². The molecule has 1 aliphatic rings. The Morgan fingerprint density at radius 2 is 1.91 bits per heavy atom. The van der Waals surface area contributed by atoms with Crippen LogP contribution in [-0.4, -0.2) is 72.3 Å². The summed E-state index contributed by atoms with van der Waals surface area (Å²) in [5.41, 5.74) is -0.269. The normalized spacial score (nSPS) is 19.2. The number of thiazole rings is 1. The van der Waals surface area contributed by atoms with Crippen molar-refractivity contribution >= 4 is 61.4 Å². The van der Waals surface area contributed by atoms with Crippen molar-refractivity contribution in [1.29, 1.82) is 0 Å². The molecule has 10 nitrogen and oxygen atoms in total. The van der Waals surface area contributed by atoms with Gasteiger partial charge in [0.2, 0.25) is 5.91 Å². The molecule has 2 heterocycles. The second kappa shape index (κ2) is 17.3. The predicted molar refractivity (Wildman–Crippen MR) is 181 cm³/mol. The van der Waals surface area contributed by atoms with Crippen LogP contribution in [0.2, 0.25) is 11.6 Å². The molecule has 2 N–H and O–H groups in total. The number of nitrogens with zero attached hydrogens (tertiary/aromatic N) is 2. The van der Waals surface area contributed by atoms with Crippen LogP contribution in [0, 0.1) is 5.92 Å². The number of thioether (sulfide) groups is 1. The maximum absolute atomic E-state index is 13.5. The fourth-order valence-corrected chi connectivity index (χ4v) is 7.68. The lowest BCUT2D eigenvalue weighted by Crippen LogP contribution is -2.53. The molecule has 13 heteroatoms. The molecular weight excluding hydrogens is 617 g/mol. The van der Waals surface area contributed by atoms with Gasteiger partial charge in [-0.2, -0.15) is 0 Å². The van der Waals surface area contributed by atoms with E-state index in [1.165, 1.54) is 42.5 Å². The molecule has 0 bridgehead atoms. The van der Waals surface area contributed by atoms with Crippen LogP contribution in [-0.2, 0) is 30.4 Å². The molecule has 4 unspecified atom stereocenters. The minimum absolute atomic E-state index is 0.0743. The Kier molecular flexibility index (Phi) is 14.8. The monoisotopic (exact) mass is 666 g/mol. The first-order chi connectivity index (χ1) is 20.5. The standard InChI is InChI=1S/C31H50N4O6S2Si/c1-10-21(5)44-14-12-11-13-22(15-20(4)36)40-27(37)25(19(2)3)34-28(38)31(9)18-43-26(35-31)23-17-42-24(33-23)16-32-29(39)41-30(6,7)8/h11,13,17,19,21-22,25H,10,12,14-16,18,44H2,1-9H3,(H,32,39)(H,34,38). The number of aliphatic imine (C=N–C) groups is 1. The number of amides is 2. The topological polar surface area (TPSA) is 136 Å². The van der Waals surface area contributed by atoms with Crippen molar-refractivity contribution in [1.82, 2.24) is 15.6 Å². The van der Waals surface area contributed by atoms with E-state index >= 15 is 0 Å². The number of hydrogen-bond acceptors (Lipinski definition) is 10. The van der Waals surface area contributed by atoms with Crippen LogP contribution in [0.25, 0.3) is 0 Å². The van der Waals surface area contributed by atoms with Crippen molar-refractivity contribution in [2.24, 2.45) is 10.9 Å². The Morgan fingerprint density at radius 3 is 2.52 bits per heavy atom. The summed E-state index contributed by atoms with van der Waals surface area (Å²) in [5, 5.41) is 8.70. The van der Waals surface area contributed by atoms with Crippen molar-refractivity contribution < 1.29 is 28.7 Å². The molecule has 1 aromatic rings. The Hall–Kier alpha value is -2.51. The quantitative estimate of drug-likeness (QED) is 0.106. The summed E-state index contributed by atoms with van der Waals surface area (Å²) in [6.07, 6.45) is 4.82. The Morgan fingerprint density at radius 1 is 1.20 bits per heavy atom. The highest BCUT2D eigenvalue weighted by molar-refractivity contribution is 8.14. The Bertz CT molecular complexity index is 1210. The van der Waals surface area contributed by atoms with E-state index in [4.69, 9.17) is 14.5 Å². The minimum Gasteiger partial charge on any atom is -0.456 e. The third-order valence-corrected chi connectivity index (χ3v) is 11.5. The Labute approximate surface area is 272 Å². The van der Waals surface area contributed by atoms with E-state index < -0.39 is 35.3 Å². The van der Waals surface area contributed by atoms with Gasteiger partial charge in [0, 0.05) is 27.1 Å². The third-order valence-electron chi connectivity index (χ3n) is 6.96. The van der Waals surface area contributed by atoms with Gasteiger partial charge in [0.25, 0.3) is 0 Å². The lowest BCUT2D eigenvalue weighted by molar-refractivity contribution is -0.153. The summed E-state index contributed by atoms with van der Waals surface area (Å²) in [6, 6.07) is 0.273. The number of allylic oxidation sites excluding steroid dienone is 1. The van der Waals surface area contributed by atoms with Gasteiger partial charge in [-0.05, 0) is 53.0 Å². The summed E-state index contributed by atoms with van der Waals surface area (Å²) < 4.78 is 11.0. The van der Waals surface area contributed by atoms with E-state index in [-0.39, 0.29) is 40.1 Å². The maximum atomic E-state index is 13.5. The van der Waals surface area contributed by atoms with Crippen molar-refractivity contribution in [3.8, 4) is 0 Å². The molecule has 4 atom stereocenters. The van der Waals surface area contributed by atoms with Gasteiger partial charge in [0.05, 0.1) is 6.54 Å². The molecule has 0 fully saturated rings. The smallest absolute Gasteiger partial charge is 0.408 e. The molecule has 2 amide bonds. The fraction of sp³-hybridized carbons (Fsp3) is 0.677. The van der Waals surface area contributed by atoms with E-state index in [9.17, 15) is 19.2 Å². The van der Waals surface area contributed by atoms with E-state index in [1.807, 2.05) is 25.3 Å². The molecule has 0 radical (unpaired) electrons. The summed E-state index contributed by atoms with van der Waals surface area (Å²) in [4.78, 5) is 59.8. The number of hydrogen-bond donors (Lipinski definition) is 2. The maximum Gasteiger partial charge on any atom is 0.408 e. The number of carbonyl (C=O) groups is 4. The molecule has 0 saturated heterocycles. The van der Waals surface area contributed by atoms with E-state index in [1.54, 1.807) is 33.8 Å². The molecule has 1 aromatic heterocycles. The number of alkyl carbamates (subject to hydrolysis) is 1. The van der Waals surface area contributed by atoms with Gasteiger partial charge in [0.1, 0.15) is 44.8 Å². The number of ether oxygens (including phenoxy) is 2. The van der Waals surface area contributed by atoms with E-state index in [2.05, 4.69) is 29.5 Å². The van der Waals surface area contributed by atoms with Crippen LogP contribution in [0.1, 0.15) is 92.3 Å². The van der Waals surface area contributed by atoms with Crippen molar-refractivity contribution in [2.45, 2.75) is 123 Å². The zero-order valence-electron chi connectivity index (χ0n) is 27.7. The molecule has 44 heavy (non-hydrogen) atoms. The highest BCUT2D eigenvalue weighted by Gasteiger charge is 2.41. The lowest BCUT2D eigenvalue weighted by Gasteiger charge is -2.27. The van der Waals surface area contributed by atoms with E-state index in [0.717, 1.165) is 12.0 Å². The van der Waals surface area contributed by atoms with Gasteiger partial charge < -0.3 is 20.1 Å². The van der Waals surface area contributed by atoms with Gasteiger partial charge >= 0.3 is 12.1 Å². The molecule has 0 spiro atoms. The fourth-order valence-electron chi connectivity index (χ4n) is 4.18. The average Bonchev–Trinajstić information content (AvgIpc) is 3.55. The predicted octanol–water partition coefficient (Wildman–Crippen LogP) is 5.20. The number of carbonyl (C=O) groups excluding carboxylic acids is 4. The number of esters is 1. The number of aromatic nitrogens is 1. The average molecular weight is 667 g/mol. The molecule has 0 saturated carbocycles. The summed E-state index contributed by atoms with van der Waals surface area (Å²) >= 11 is 2.79. The molecular formula is C31H50N4O6S2Si. The van der Waals surface area contributed by atoms with Gasteiger partial charge in [-0.1, -0.05) is 51.8 Å². The SMILES string of the molecule is CCC(C)[SiH2]CCC=CC(CC(C)=O)OC(=O)C(NC(=O)C1(C)CSC(c2csc(CNC(=O)OC(C)(C)C)n2)=N1)C(C)C. The Balaban J connectivity index is 2.03. The first-order valence-corrected chi connectivity index (χ1v) is 19.0. The second-order valence-corrected chi connectivity index (χ2v) is 17.5. The van der Waals surface area contributed by atoms with E-state index in [0.29, 0.717) is 21.5 Å². The minimum atomic E-state index is -1.11. The van der Waals surface area contributed by atoms with Crippen LogP contribution < -0.4 is 10.6 Å². The summed E-state index contributed by atoms with van der Waals surface area (Å²) in [5.74, 6) is -0.888. The van der Waals surface area contributed by atoms with Crippen LogP contribution in [0.3, 0.4) is 0 Å². The molecule has 0 aromatic carbocycles. The number of ketones is 1. The van der Waals surface area contributed by atoms with Crippen LogP contribution >= 0.6 is 23.1 Å². The van der Waals surface area contributed by atoms with Crippen molar-refractivity contribution in [3.05, 3.63) is 28.2 Å². The number of Topliss-reactive ketones (excluding diaryl/α,β-unsaturated/α-hetero) is 1. The summed E-state index contributed by atoms with van der Waals surface area (Å²) in [6.45, 7) is 17.0. The molecule has 0 aliphatic carbocycles. The van der Waals surface area contributed by atoms with Crippen LogP contribution in [0.15, 0.2) is 22.5 Å². The van der Waals surface area contributed by atoms with Crippen LogP contribution in [0.4, 0.5) is 4.79 Å². The van der Waals surface area contributed by atoms with Gasteiger partial charge in [-0.3, -0.25) is 14.6 Å². The van der Waals surface area contributed by atoms with Crippen LogP contribution in [0.5, 0.6) is 0 Å². The number of rotatable bonds is 16. The molecule has 2 rings (SSSR count). The third kappa shape index (κ3) is 12.8. The van der Waals surface area contributed by atoms with Gasteiger partial charge in [0.15, 0.2) is 0 Å². The van der Waals surface area contributed by atoms with Crippen molar-refractivity contribution in [3.63, 3.8) is 0 Å². The lowest BCUT2D eigenvalue weighted by atomic mass is 10.0. The first kappa shape index (κ1) is 37.7. The zero-order valence-corrected chi connectivity index (χ0v) is 30.7. The zero-order chi connectivity index (χ0) is 33.1. The number of nitrogens with one attached hydrogen (secondary N) is 2. The largest absolute Gasteiger partial charge is 0.456 e. The molecule has 1 aliphatic heterocycles. The highest BCUT2D eigenvalue weighted by atomic mass is 32.2. The second-order valence-electron chi connectivity index (χ2n) is 12.9. The highest BCUT2D eigenvalue weighted by Crippen LogP contribution is 2.32. The molecule has 246 valence electrons. The van der Waals surface area contributed by atoms with Gasteiger partial charge in [-0.15, -0.1) is 23.1 Å².